The SMILES string of the molecule is CCNC(=O)CCNC(=O)N[C@@H](C(=O)O)C(C)C. The Morgan fingerprint density at radius 3 is 2.22 bits per heavy atom. The Morgan fingerprint density at radius 1 is 1.17 bits per heavy atom. The molecule has 0 saturated carbocycles. The summed E-state index contributed by atoms with van der Waals surface area (Å²) in [4.78, 5) is 33.3. The molecule has 0 aromatic heterocycles. The molecule has 7 heteroatoms. The number of aliphatic carboxylic acids is 1. The molecular formula is C11H21N3O4. The summed E-state index contributed by atoms with van der Waals surface area (Å²) in [5.74, 6) is -1.45. The van der Waals surface area contributed by atoms with Gasteiger partial charge < -0.3 is 21.1 Å². The summed E-state index contributed by atoms with van der Waals surface area (Å²) < 4.78 is 0. The van der Waals surface area contributed by atoms with Crippen LogP contribution in [0.5, 0.6) is 0 Å². The molecule has 0 aromatic rings. The molecule has 0 aliphatic carbocycles. The molecule has 0 bridgehead atoms. The van der Waals surface area contributed by atoms with E-state index in [0.717, 1.165) is 0 Å². The van der Waals surface area contributed by atoms with E-state index in [1.165, 1.54) is 0 Å². The highest BCUT2D eigenvalue weighted by molar-refractivity contribution is 5.83. The van der Waals surface area contributed by atoms with Crippen LogP contribution in [0.25, 0.3) is 0 Å². The number of carbonyl (C=O) groups is 3. The van der Waals surface area contributed by atoms with Crippen LogP contribution >= 0.6 is 0 Å². The highest BCUT2D eigenvalue weighted by Crippen LogP contribution is 2.01. The third-order valence-corrected chi connectivity index (χ3v) is 2.23. The smallest absolute Gasteiger partial charge is 0.326 e. The normalized spacial score (nSPS) is 11.8. The molecule has 0 saturated heterocycles. The number of hydrogen-bond acceptors (Lipinski definition) is 3. The van der Waals surface area contributed by atoms with Gasteiger partial charge in [0.05, 0.1) is 0 Å². The summed E-state index contributed by atoms with van der Waals surface area (Å²) in [5, 5.41) is 16.2. The van der Waals surface area contributed by atoms with E-state index in [9.17, 15) is 14.4 Å². The van der Waals surface area contributed by atoms with Crippen molar-refractivity contribution in [2.45, 2.75) is 33.2 Å². The van der Waals surface area contributed by atoms with Crippen molar-refractivity contribution < 1.29 is 19.5 Å². The second-order valence-corrected chi connectivity index (χ2v) is 4.16. The van der Waals surface area contributed by atoms with E-state index >= 15 is 0 Å². The number of carbonyl (C=O) groups excluding carboxylic acids is 2. The van der Waals surface area contributed by atoms with Crippen molar-refractivity contribution in [3.05, 3.63) is 0 Å². The lowest BCUT2D eigenvalue weighted by Gasteiger charge is -2.18. The molecule has 0 radical (unpaired) electrons. The lowest BCUT2D eigenvalue weighted by molar-refractivity contribution is -0.140. The zero-order valence-electron chi connectivity index (χ0n) is 10.9. The highest BCUT2D eigenvalue weighted by Gasteiger charge is 2.23. The molecule has 18 heavy (non-hydrogen) atoms. The fourth-order valence-corrected chi connectivity index (χ4v) is 1.28. The van der Waals surface area contributed by atoms with Crippen LogP contribution in [0.15, 0.2) is 0 Å². The molecule has 0 spiro atoms. The Hall–Kier alpha value is -1.79. The van der Waals surface area contributed by atoms with Gasteiger partial charge in [-0.2, -0.15) is 0 Å². The van der Waals surface area contributed by atoms with E-state index in [2.05, 4.69) is 16.0 Å². The van der Waals surface area contributed by atoms with E-state index in [-0.39, 0.29) is 24.8 Å². The number of carboxylic acids is 1. The van der Waals surface area contributed by atoms with Crippen LogP contribution in [-0.4, -0.2) is 42.1 Å². The van der Waals surface area contributed by atoms with Gasteiger partial charge in [-0.05, 0) is 12.8 Å². The summed E-state index contributed by atoms with van der Waals surface area (Å²) in [6.07, 6.45) is 0.167. The second kappa shape index (κ2) is 8.32. The largest absolute Gasteiger partial charge is 0.480 e. The highest BCUT2D eigenvalue weighted by atomic mass is 16.4. The molecule has 0 unspecified atom stereocenters. The topological polar surface area (TPSA) is 108 Å². The molecule has 0 fully saturated rings. The van der Waals surface area contributed by atoms with Crippen LogP contribution in [0.4, 0.5) is 4.79 Å². The maximum absolute atomic E-state index is 11.4. The number of amides is 3. The fourth-order valence-electron chi connectivity index (χ4n) is 1.28. The van der Waals surface area contributed by atoms with Crippen molar-refractivity contribution in [3.63, 3.8) is 0 Å². The zero-order valence-corrected chi connectivity index (χ0v) is 10.9. The Bertz CT molecular complexity index is 305. The lowest BCUT2D eigenvalue weighted by atomic mass is 10.1. The van der Waals surface area contributed by atoms with Gasteiger partial charge in [-0.25, -0.2) is 9.59 Å². The first-order valence-electron chi connectivity index (χ1n) is 5.92. The molecule has 0 heterocycles. The van der Waals surface area contributed by atoms with Crippen molar-refractivity contribution in [2.75, 3.05) is 13.1 Å². The summed E-state index contributed by atoms with van der Waals surface area (Å²) in [6, 6.07) is -1.52. The number of carboxylic acid groups (broad SMARTS) is 1. The molecular weight excluding hydrogens is 238 g/mol. The van der Waals surface area contributed by atoms with Crippen LogP contribution in [0, 0.1) is 5.92 Å². The molecule has 104 valence electrons. The minimum Gasteiger partial charge on any atom is -0.480 e. The van der Waals surface area contributed by atoms with E-state index in [1.807, 2.05) is 0 Å². The number of rotatable bonds is 7. The Morgan fingerprint density at radius 2 is 1.78 bits per heavy atom. The quantitative estimate of drug-likeness (QED) is 0.513. The molecule has 4 N–H and O–H groups in total. The molecule has 0 rings (SSSR count). The molecule has 0 aromatic carbocycles. The van der Waals surface area contributed by atoms with Gasteiger partial charge in [-0.1, -0.05) is 13.8 Å². The number of nitrogens with one attached hydrogen (secondary N) is 3. The first kappa shape index (κ1) is 16.2. The first-order valence-corrected chi connectivity index (χ1v) is 5.92. The lowest BCUT2D eigenvalue weighted by Crippen LogP contribution is -2.49. The number of hydrogen-bond donors (Lipinski definition) is 4. The summed E-state index contributed by atoms with van der Waals surface area (Å²) in [6.45, 7) is 5.92. The third kappa shape index (κ3) is 6.72. The van der Waals surface area contributed by atoms with Crippen LogP contribution < -0.4 is 16.0 Å². The van der Waals surface area contributed by atoms with E-state index in [1.54, 1.807) is 20.8 Å². The average Bonchev–Trinajstić information content (AvgIpc) is 2.25. The average molecular weight is 259 g/mol. The fraction of sp³-hybridized carbons (Fsp3) is 0.727. The first-order chi connectivity index (χ1) is 8.38. The van der Waals surface area contributed by atoms with Gasteiger partial charge in [-0.3, -0.25) is 4.79 Å². The van der Waals surface area contributed by atoms with Gasteiger partial charge in [0.1, 0.15) is 6.04 Å². The molecule has 7 nitrogen and oxygen atoms in total. The van der Waals surface area contributed by atoms with Crippen LogP contribution in [0.1, 0.15) is 27.2 Å². The van der Waals surface area contributed by atoms with Crippen LogP contribution in [0.3, 0.4) is 0 Å². The Balaban J connectivity index is 3.96. The van der Waals surface area contributed by atoms with Crippen molar-refractivity contribution in [1.82, 2.24) is 16.0 Å². The van der Waals surface area contributed by atoms with Gasteiger partial charge in [0.15, 0.2) is 0 Å². The third-order valence-electron chi connectivity index (χ3n) is 2.23. The number of urea groups is 1. The maximum Gasteiger partial charge on any atom is 0.326 e. The maximum atomic E-state index is 11.4. The van der Waals surface area contributed by atoms with Crippen LogP contribution in [-0.2, 0) is 9.59 Å². The predicted octanol–water partition coefficient (Wildman–Crippen LogP) is -0.0790. The Kier molecular flexibility index (Phi) is 7.50. The van der Waals surface area contributed by atoms with Crippen molar-refractivity contribution in [1.29, 1.82) is 0 Å². The standard InChI is InChI=1S/C11H21N3O4/c1-4-12-8(15)5-6-13-11(18)14-9(7(2)3)10(16)17/h7,9H,4-6H2,1-3H3,(H,12,15)(H,16,17)(H2,13,14,18)/t9-/m1/s1. The van der Waals surface area contributed by atoms with Crippen molar-refractivity contribution in [3.8, 4) is 0 Å². The molecule has 3 amide bonds. The second-order valence-electron chi connectivity index (χ2n) is 4.16. The predicted molar refractivity (Wildman–Crippen MR) is 66.1 cm³/mol. The van der Waals surface area contributed by atoms with Crippen molar-refractivity contribution in [2.24, 2.45) is 5.92 Å². The minimum atomic E-state index is -1.08. The van der Waals surface area contributed by atoms with E-state index < -0.39 is 18.0 Å². The molecule has 0 aliphatic heterocycles. The van der Waals surface area contributed by atoms with Gasteiger partial charge in [0.2, 0.25) is 5.91 Å². The molecule has 0 aliphatic rings. The van der Waals surface area contributed by atoms with E-state index in [4.69, 9.17) is 5.11 Å². The van der Waals surface area contributed by atoms with Gasteiger partial charge in [0.25, 0.3) is 0 Å². The monoisotopic (exact) mass is 259 g/mol. The van der Waals surface area contributed by atoms with Gasteiger partial charge in [-0.15, -0.1) is 0 Å². The Labute approximate surface area is 106 Å². The summed E-state index contributed by atoms with van der Waals surface area (Å²) in [7, 11) is 0. The van der Waals surface area contributed by atoms with Crippen molar-refractivity contribution >= 4 is 17.9 Å². The van der Waals surface area contributed by atoms with Crippen LogP contribution in [0.2, 0.25) is 0 Å². The molecule has 1 atom stereocenters. The van der Waals surface area contributed by atoms with Gasteiger partial charge in [0, 0.05) is 19.5 Å². The summed E-state index contributed by atoms with van der Waals surface area (Å²) >= 11 is 0. The van der Waals surface area contributed by atoms with Gasteiger partial charge >= 0.3 is 12.0 Å². The zero-order chi connectivity index (χ0) is 14.1. The minimum absolute atomic E-state index is 0.156. The summed E-state index contributed by atoms with van der Waals surface area (Å²) in [5.41, 5.74) is 0. The van der Waals surface area contributed by atoms with E-state index in [0.29, 0.717) is 6.54 Å².